The third-order valence-electron chi connectivity index (χ3n) is 8.61. The van der Waals surface area contributed by atoms with Gasteiger partial charge in [0.15, 0.2) is 24.0 Å². The minimum Gasteiger partial charge on any atom is -0.239 e. The summed E-state index contributed by atoms with van der Waals surface area (Å²) in [5.41, 5.74) is 0.286. The second-order valence-corrected chi connectivity index (χ2v) is 15.9. The van der Waals surface area contributed by atoms with Gasteiger partial charge in [0.1, 0.15) is 22.1 Å². The molecule has 256 valence electrons. The summed E-state index contributed by atoms with van der Waals surface area (Å²) in [4.78, 5) is 7.22. The Morgan fingerprint density at radius 1 is 0.625 bits per heavy atom. The van der Waals surface area contributed by atoms with E-state index in [1.54, 1.807) is 12.1 Å². The van der Waals surface area contributed by atoms with Gasteiger partial charge >= 0.3 is 0 Å². The number of hydrogen-bond acceptors (Lipinski definition) is 8. The van der Waals surface area contributed by atoms with Crippen LogP contribution < -0.4 is 0 Å². The summed E-state index contributed by atoms with van der Waals surface area (Å²) in [5.74, 6) is -8.37. The summed E-state index contributed by atoms with van der Waals surface area (Å²) in [6, 6.07) is 9.58. The molecule has 2 aliphatic heterocycles. The number of benzene rings is 2. The van der Waals surface area contributed by atoms with Gasteiger partial charge < -0.3 is 0 Å². The first kappa shape index (κ1) is 32.6. The molecule has 2 aromatic heterocycles. The number of sulfone groups is 2. The maximum Gasteiger partial charge on any atom is 0.267 e. The molecule has 0 radical (unpaired) electrons. The van der Waals surface area contributed by atoms with Crippen molar-refractivity contribution in [2.75, 3.05) is 0 Å². The summed E-state index contributed by atoms with van der Waals surface area (Å²) in [6.45, 7) is 0. The zero-order chi connectivity index (χ0) is 34.6. The van der Waals surface area contributed by atoms with E-state index in [4.69, 9.17) is 0 Å². The maximum atomic E-state index is 14.2. The van der Waals surface area contributed by atoms with Gasteiger partial charge in [0.2, 0.25) is 19.7 Å². The quantitative estimate of drug-likeness (QED) is 0.249. The van der Waals surface area contributed by atoms with Crippen LogP contribution in [0.2, 0.25) is 0 Å². The van der Waals surface area contributed by atoms with Crippen LogP contribution in [0, 0.1) is 11.6 Å². The Morgan fingerprint density at radius 2 is 0.958 bits per heavy atom. The maximum absolute atomic E-state index is 14.2. The molecule has 4 heterocycles. The summed E-state index contributed by atoms with van der Waals surface area (Å²) in [7, 11) is -8.89. The highest BCUT2D eigenvalue weighted by molar-refractivity contribution is 7.92. The molecule has 8 rings (SSSR count). The normalized spacial score (nSPS) is 27.9. The highest BCUT2D eigenvalue weighted by atomic mass is 32.2. The van der Waals surface area contributed by atoms with Crippen molar-refractivity contribution >= 4 is 19.7 Å². The molecule has 6 atom stereocenters. The monoisotopic (exact) mass is 722 g/mol. The molecule has 2 aliphatic carbocycles. The number of nitrogens with zero attached hydrogens (tertiary/aromatic N) is 6. The number of alkyl halides is 6. The molecule has 0 unspecified atom stereocenters. The fraction of sp³-hybridized carbons (Fsp3) is 0.429. The molecule has 0 N–H and O–H groups in total. The van der Waals surface area contributed by atoms with Crippen molar-refractivity contribution in [3.05, 3.63) is 82.9 Å². The highest BCUT2D eigenvalue weighted by Gasteiger charge is 2.67. The van der Waals surface area contributed by atoms with E-state index < -0.39 is 101 Å². The summed E-state index contributed by atoms with van der Waals surface area (Å²) < 4.78 is 159. The van der Waals surface area contributed by atoms with Crippen LogP contribution in [0.15, 0.2) is 58.8 Å². The van der Waals surface area contributed by atoms with E-state index in [-0.39, 0.29) is 35.6 Å². The topological polar surface area (TPSA) is 130 Å². The van der Waals surface area contributed by atoms with Crippen LogP contribution >= 0.6 is 0 Å². The van der Waals surface area contributed by atoms with Gasteiger partial charge in [-0.05, 0) is 12.1 Å². The molecule has 10 nitrogen and oxygen atoms in total. The summed E-state index contributed by atoms with van der Waals surface area (Å²) >= 11 is 0. The molecule has 0 bridgehead atoms. The fourth-order valence-corrected chi connectivity index (χ4v) is 9.02. The van der Waals surface area contributed by atoms with Crippen molar-refractivity contribution in [1.29, 1.82) is 0 Å². The third kappa shape index (κ3) is 5.26. The van der Waals surface area contributed by atoms with E-state index in [1.165, 1.54) is 36.4 Å². The first-order valence-electron chi connectivity index (χ1n) is 14.4. The Bertz CT molecular complexity index is 2010. The molecule has 2 aromatic carbocycles. The molecular weight excluding hydrogens is 700 g/mol. The third-order valence-corrected chi connectivity index (χ3v) is 12.5. The van der Waals surface area contributed by atoms with Crippen LogP contribution in [0.25, 0.3) is 0 Å². The van der Waals surface area contributed by atoms with Crippen LogP contribution in [-0.2, 0) is 19.7 Å². The smallest absolute Gasteiger partial charge is 0.239 e. The number of fused-ring (bicyclic) bond motifs is 2. The van der Waals surface area contributed by atoms with Gasteiger partial charge in [0, 0.05) is 36.8 Å². The second-order valence-electron chi connectivity index (χ2n) is 11.9. The van der Waals surface area contributed by atoms with Crippen molar-refractivity contribution in [3.63, 3.8) is 0 Å². The van der Waals surface area contributed by atoms with E-state index >= 15 is 0 Å². The average Bonchev–Trinajstić information content (AvgIpc) is 3.49. The Balaban J connectivity index is 0.000000152. The van der Waals surface area contributed by atoms with E-state index in [1.807, 2.05) is 0 Å². The molecular formula is C28H22F8N6O4S2. The van der Waals surface area contributed by atoms with E-state index in [0.29, 0.717) is 0 Å². The first-order chi connectivity index (χ1) is 22.4. The molecule has 48 heavy (non-hydrogen) atoms. The van der Waals surface area contributed by atoms with Gasteiger partial charge in [-0.3, -0.25) is 0 Å². The van der Waals surface area contributed by atoms with E-state index in [2.05, 4.69) is 20.2 Å². The van der Waals surface area contributed by atoms with Crippen LogP contribution in [0.4, 0.5) is 35.1 Å². The minimum atomic E-state index is -4.44. The molecule has 2 fully saturated rings. The van der Waals surface area contributed by atoms with Gasteiger partial charge in [-0.25, -0.2) is 61.3 Å². The van der Waals surface area contributed by atoms with Gasteiger partial charge in [-0.15, -0.1) is 10.2 Å². The van der Waals surface area contributed by atoms with Crippen LogP contribution in [0.1, 0.15) is 72.9 Å². The van der Waals surface area contributed by atoms with E-state index in [0.717, 1.165) is 9.36 Å². The Kier molecular flexibility index (Phi) is 7.32. The van der Waals surface area contributed by atoms with Gasteiger partial charge in [0.05, 0.1) is 12.1 Å². The zero-order valence-corrected chi connectivity index (χ0v) is 25.7. The second kappa shape index (κ2) is 10.8. The molecule has 4 aromatic rings. The number of aromatic nitrogens is 6. The van der Waals surface area contributed by atoms with Crippen LogP contribution in [0.5, 0.6) is 0 Å². The van der Waals surface area contributed by atoms with Crippen molar-refractivity contribution in [1.82, 2.24) is 29.5 Å². The lowest BCUT2D eigenvalue weighted by atomic mass is 10.0. The predicted octanol–water partition coefficient (Wildman–Crippen LogP) is 5.20. The fourth-order valence-electron chi connectivity index (χ4n) is 5.87. The van der Waals surface area contributed by atoms with Gasteiger partial charge in [0.25, 0.3) is 22.2 Å². The number of rotatable bonds is 6. The lowest BCUT2D eigenvalue weighted by Crippen LogP contribution is -2.17. The van der Waals surface area contributed by atoms with Gasteiger partial charge in [-0.2, -0.15) is 9.97 Å². The molecule has 0 spiro atoms. The SMILES string of the molecule is O=S(=O)(c1nc2n(n1)[C@H](c1ccccc1F)C[C@@H]2F)[C@@H]1CC1(F)F.O=S(=O)(c1nc2n(n1)[C@H](c1ccccc1F)C[C@@H]2F)[C@H]1CC1(F)F. The van der Waals surface area contributed by atoms with Crippen molar-refractivity contribution in [3.8, 4) is 0 Å². The standard InChI is InChI=1S/2C14H11F4N3O2S/c2*15-8-4-2-1-3-7(8)10-5-9(16)12-19-13(20-21(10)12)24(22,23)11-6-14(11,17)18/h2*1-4,9-11H,5-6H2/t9-,10-,11+;9-,10-,11-/m00/s1. The Morgan fingerprint density at radius 3 is 1.27 bits per heavy atom. The van der Waals surface area contributed by atoms with Crippen molar-refractivity contribution < 1.29 is 52.0 Å². The zero-order valence-electron chi connectivity index (χ0n) is 24.1. The largest absolute Gasteiger partial charge is 0.267 e. The summed E-state index contributed by atoms with van der Waals surface area (Å²) in [5, 5.41) is 2.02. The Labute approximate surface area is 266 Å². The van der Waals surface area contributed by atoms with E-state index in [9.17, 15) is 52.0 Å². The lowest BCUT2D eigenvalue weighted by Gasteiger charge is -2.12. The van der Waals surface area contributed by atoms with Crippen LogP contribution in [0.3, 0.4) is 0 Å². The highest BCUT2D eigenvalue weighted by Crippen LogP contribution is 2.50. The van der Waals surface area contributed by atoms with Crippen molar-refractivity contribution in [2.45, 2.75) is 82.8 Å². The Hall–Kier alpha value is -3.94. The molecule has 20 heteroatoms. The van der Waals surface area contributed by atoms with Crippen LogP contribution in [-0.4, -0.2) is 68.7 Å². The minimum absolute atomic E-state index is 0.143. The first-order valence-corrected chi connectivity index (χ1v) is 17.5. The molecule has 4 aliphatic rings. The summed E-state index contributed by atoms with van der Waals surface area (Å²) in [6.07, 6.45) is -5.17. The molecule has 2 saturated carbocycles. The molecule has 0 amide bonds. The number of halogens is 8. The predicted molar refractivity (Wildman–Crippen MR) is 147 cm³/mol. The molecule has 0 saturated heterocycles. The number of hydrogen-bond donors (Lipinski definition) is 0. The lowest BCUT2D eigenvalue weighted by molar-refractivity contribution is 0.120. The average molecular weight is 723 g/mol. The van der Waals surface area contributed by atoms with Gasteiger partial charge in [-0.1, -0.05) is 36.4 Å². The van der Waals surface area contributed by atoms with Crippen molar-refractivity contribution in [2.24, 2.45) is 0 Å².